The Morgan fingerprint density at radius 1 is 0.370 bits per heavy atom. The molecule has 258 valence electrons. The fourth-order valence-corrected chi connectivity index (χ4v) is 8.50. The van der Waals surface area contributed by atoms with E-state index in [0.717, 1.165) is 34.4 Å². The summed E-state index contributed by atoms with van der Waals surface area (Å²) in [6, 6.07) is 53.0. The number of rotatable bonds is 6. The topological polar surface area (TPSA) is 32.3 Å². The van der Waals surface area contributed by atoms with E-state index in [-0.39, 0.29) is 0 Å². The van der Waals surface area contributed by atoms with Crippen molar-refractivity contribution >= 4 is 88.2 Å². The van der Waals surface area contributed by atoms with Gasteiger partial charge in [0.2, 0.25) is 0 Å². The summed E-state index contributed by atoms with van der Waals surface area (Å²) in [5.74, 6) is 1.77. The summed E-state index contributed by atoms with van der Waals surface area (Å²) in [7, 11) is 0. The summed E-state index contributed by atoms with van der Waals surface area (Å²) < 4.78 is 0. The second-order valence-electron chi connectivity index (χ2n) is 14.5. The van der Waals surface area contributed by atoms with Crippen molar-refractivity contribution in [2.75, 3.05) is 9.80 Å². The van der Waals surface area contributed by atoms with Crippen LogP contribution in [0.4, 0.5) is 34.4 Å². The SMILES string of the molecule is Cc1ccc2ccc(C)c(N(c3ccccn3)c3ccc4ccc5c(N(c6ccccn6)c6c(C)ccc7ccc(C)cc67)ccc6ccc3c4c65)c2c1. The first-order chi connectivity index (χ1) is 26.4. The van der Waals surface area contributed by atoms with Gasteiger partial charge in [0.15, 0.2) is 0 Å². The lowest BCUT2D eigenvalue weighted by Gasteiger charge is -2.30. The maximum absolute atomic E-state index is 4.97. The van der Waals surface area contributed by atoms with Crippen LogP contribution in [-0.4, -0.2) is 9.97 Å². The molecule has 0 aliphatic carbocycles. The van der Waals surface area contributed by atoms with Gasteiger partial charge in [0.25, 0.3) is 0 Å². The smallest absolute Gasteiger partial charge is 0.137 e. The second-order valence-corrected chi connectivity index (χ2v) is 14.5. The summed E-state index contributed by atoms with van der Waals surface area (Å²) >= 11 is 0. The first kappa shape index (κ1) is 31.9. The molecule has 0 unspecified atom stereocenters. The van der Waals surface area contributed by atoms with Gasteiger partial charge in [-0.2, -0.15) is 0 Å². The fraction of sp³-hybridized carbons (Fsp3) is 0.0800. The van der Waals surface area contributed by atoms with E-state index in [1.807, 2.05) is 24.5 Å². The van der Waals surface area contributed by atoms with Crippen molar-refractivity contribution in [3.63, 3.8) is 0 Å². The molecule has 0 radical (unpaired) electrons. The summed E-state index contributed by atoms with van der Waals surface area (Å²) in [6.07, 6.45) is 3.78. The minimum atomic E-state index is 0.883. The van der Waals surface area contributed by atoms with Gasteiger partial charge >= 0.3 is 0 Å². The van der Waals surface area contributed by atoms with Gasteiger partial charge in [0, 0.05) is 33.9 Å². The van der Waals surface area contributed by atoms with E-state index >= 15 is 0 Å². The largest absolute Gasteiger partial charge is 0.294 e. The number of nitrogens with zero attached hydrogens (tertiary/aromatic N) is 4. The molecule has 0 saturated carbocycles. The van der Waals surface area contributed by atoms with Gasteiger partial charge in [-0.25, -0.2) is 9.97 Å². The lowest BCUT2D eigenvalue weighted by atomic mass is 9.91. The number of hydrogen-bond donors (Lipinski definition) is 0. The van der Waals surface area contributed by atoms with E-state index in [9.17, 15) is 0 Å². The molecule has 0 aliphatic rings. The first-order valence-electron chi connectivity index (χ1n) is 18.6. The Bertz CT molecular complexity index is 2820. The van der Waals surface area contributed by atoms with Crippen LogP contribution in [0.2, 0.25) is 0 Å². The molecule has 0 amide bonds. The van der Waals surface area contributed by atoms with Crippen LogP contribution in [-0.2, 0) is 0 Å². The Balaban J connectivity index is 1.28. The molecule has 0 saturated heterocycles. The molecule has 0 N–H and O–H groups in total. The van der Waals surface area contributed by atoms with Crippen molar-refractivity contribution in [2.24, 2.45) is 0 Å². The average Bonchev–Trinajstić information content (AvgIpc) is 3.20. The molecule has 0 fully saturated rings. The van der Waals surface area contributed by atoms with E-state index < -0.39 is 0 Å². The van der Waals surface area contributed by atoms with Gasteiger partial charge in [0.05, 0.1) is 22.7 Å². The quantitative estimate of drug-likeness (QED) is 0.162. The van der Waals surface area contributed by atoms with E-state index in [0.29, 0.717) is 0 Å². The molecule has 10 rings (SSSR count). The van der Waals surface area contributed by atoms with Gasteiger partial charge in [-0.3, -0.25) is 9.80 Å². The van der Waals surface area contributed by atoms with Gasteiger partial charge in [-0.15, -0.1) is 0 Å². The fourth-order valence-electron chi connectivity index (χ4n) is 8.50. The Hall–Kier alpha value is -6.78. The Labute approximate surface area is 314 Å². The maximum Gasteiger partial charge on any atom is 0.137 e. The Morgan fingerprint density at radius 2 is 0.778 bits per heavy atom. The van der Waals surface area contributed by atoms with Crippen molar-refractivity contribution in [2.45, 2.75) is 27.7 Å². The number of fused-ring (bicyclic) bond motifs is 2. The second kappa shape index (κ2) is 12.4. The molecular formula is C50H38N4. The van der Waals surface area contributed by atoms with E-state index in [4.69, 9.17) is 9.97 Å². The normalized spacial score (nSPS) is 11.7. The van der Waals surface area contributed by atoms with Crippen molar-refractivity contribution < 1.29 is 0 Å². The predicted octanol–water partition coefficient (Wildman–Crippen LogP) is 13.9. The molecule has 8 aromatic carbocycles. The zero-order valence-corrected chi connectivity index (χ0v) is 30.8. The number of benzene rings is 8. The van der Waals surface area contributed by atoms with Crippen molar-refractivity contribution in [1.29, 1.82) is 0 Å². The number of aromatic nitrogens is 2. The van der Waals surface area contributed by atoms with Crippen LogP contribution >= 0.6 is 0 Å². The molecule has 10 aromatic rings. The van der Waals surface area contributed by atoms with Gasteiger partial charge < -0.3 is 0 Å². The number of hydrogen-bond acceptors (Lipinski definition) is 4. The van der Waals surface area contributed by atoms with Crippen molar-refractivity contribution in [1.82, 2.24) is 9.97 Å². The lowest BCUT2D eigenvalue weighted by molar-refractivity contribution is 1.18. The maximum atomic E-state index is 4.97. The molecule has 2 heterocycles. The molecule has 0 aliphatic heterocycles. The number of anilines is 6. The number of pyridine rings is 2. The van der Waals surface area contributed by atoms with Crippen molar-refractivity contribution in [3.05, 3.63) is 180 Å². The molecule has 4 nitrogen and oxygen atoms in total. The number of aryl methyl sites for hydroxylation is 4. The highest BCUT2D eigenvalue weighted by Gasteiger charge is 2.25. The summed E-state index contributed by atoms with van der Waals surface area (Å²) in [5, 5.41) is 12.1. The van der Waals surface area contributed by atoms with Crippen LogP contribution in [0.15, 0.2) is 158 Å². The molecule has 2 aromatic heterocycles. The van der Waals surface area contributed by atoms with Crippen LogP contribution in [0.25, 0.3) is 53.9 Å². The summed E-state index contributed by atoms with van der Waals surface area (Å²) in [5.41, 5.74) is 9.33. The minimum absolute atomic E-state index is 0.883. The highest BCUT2D eigenvalue weighted by Crippen LogP contribution is 2.49. The van der Waals surface area contributed by atoms with E-state index in [2.05, 4.69) is 171 Å². The average molecular weight is 695 g/mol. The van der Waals surface area contributed by atoms with Gasteiger partial charge in [-0.1, -0.05) is 108 Å². The first-order valence-corrected chi connectivity index (χ1v) is 18.6. The molecule has 54 heavy (non-hydrogen) atoms. The molecule has 0 bridgehead atoms. The Kier molecular flexibility index (Phi) is 7.34. The highest BCUT2D eigenvalue weighted by molar-refractivity contribution is 6.28. The van der Waals surface area contributed by atoms with E-state index in [1.54, 1.807) is 0 Å². The molecule has 4 heteroatoms. The van der Waals surface area contributed by atoms with Crippen LogP contribution in [0.1, 0.15) is 22.3 Å². The molecule has 0 atom stereocenters. The van der Waals surface area contributed by atoms with Crippen LogP contribution in [0, 0.1) is 27.7 Å². The van der Waals surface area contributed by atoms with Gasteiger partial charge in [-0.05, 0) is 120 Å². The third-order valence-electron chi connectivity index (χ3n) is 11.0. The van der Waals surface area contributed by atoms with Gasteiger partial charge in [0.1, 0.15) is 11.6 Å². The standard InChI is InChI=1S/C50H38N4/c1-31-11-15-35-17-13-33(3)49(41(35)29-31)53(45-9-5-7-27-51-45)43-25-21-37-20-24-40-44(26-22-38-19-23-39(43)47(37)48(38)40)54(46-10-6-8-28-52-46)50-34(4)14-18-36-16-12-32(2)30-42(36)50/h5-30H,1-4H3. The molecular weight excluding hydrogens is 657 g/mol. The minimum Gasteiger partial charge on any atom is -0.294 e. The zero-order chi connectivity index (χ0) is 36.5. The predicted molar refractivity (Wildman–Crippen MR) is 229 cm³/mol. The highest BCUT2D eigenvalue weighted by atomic mass is 15.2. The lowest BCUT2D eigenvalue weighted by Crippen LogP contribution is -2.14. The van der Waals surface area contributed by atoms with E-state index in [1.165, 1.54) is 76.1 Å². The zero-order valence-electron chi connectivity index (χ0n) is 30.8. The van der Waals surface area contributed by atoms with Crippen LogP contribution in [0.3, 0.4) is 0 Å². The Morgan fingerprint density at radius 3 is 1.20 bits per heavy atom. The summed E-state index contributed by atoms with van der Waals surface area (Å²) in [6.45, 7) is 8.75. The summed E-state index contributed by atoms with van der Waals surface area (Å²) in [4.78, 5) is 14.7. The van der Waals surface area contributed by atoms with Crippen LogP contribution < -0.4 is 9.80 Å². The van der Waals surface area contributed by atoms with Crippen LogP contribution in [0.5, 0.6) is 0 Å². The third kappa shape index (κ3) is 4.98. The molecule has 0 spiro atoms. The van der Waals surface area contributed by atoms with Crippen molar-refractivity contribution in [3.8, 4) is 0 Å². The third-order valence-corrected chi connectivity index (χ3v) is 11.0. The monoisotopic (exact) mass is 694 g/mol.